The van der Waals surface area contributed by atoms with Gasteiger partial charge in [0, 0.05) is 11.6 Å². The molecule has 0 aromatic heterocycles. The van der Waals surface area contributed by atoms with Crippen LogP contribution in [-0.2, 0) is 0 Å². The van der Waals surface area contributed by atoms with E-state index in [-0.39, 0.29) is 0 Å². The maximum absolute atomic E-state index is 4.47. The van der Waals surface area contributed by atoms with E-state index in [0.29, 0.717) is 18.0 Å². The number of para-hydroxylation sites is 1. The van der Waals surface area contributed by atoms with Gasteiger partial charge in [-0.2, -0.15) is 0 Å². The second-order valence-corrected chi connectivity index (χ2v) is 4.17. The summed E-state index contributed by atoms with van der Waals surface area (Å²) in [5.41, 5.74) is 2.77. The quantitative estimate of drug-likeness (QED) is 0.661. The highest BCUT2D eigenvalue weighted by molar-refractivity contribution is 5.68. The van der Waals surface area contributed by atoms with Crippen molar-refractivity contribution in [3.8, 4) is 0 Å². The van der Waals surface area contributed by atoms with Gasteiger partial charge in [-0.05, 0) is 31.2 Å². The van der Waals surface area contributed by atoms with Crippen LogP contribution in [-0.4, -0.2) is 18.3 Å². The van der Waals surface area contributed by atoms with Gasteiger partial charge in [-0.25, -0.2) is 0 Å². The lowest BCUT2D eigenvalue weighted by Gasteiger charge is -2.26. The molecule has 2 heterocycles. The molecular weight excluding hydrogens is 172 g/mol. The first-order chi connectivity index (χ1) is 6.86. The van der Waals surface area contributed by atoms with Crippen LogP contribution in [0.25, 0.3) is 0 Å². The van der Waals surface area contributed by atoms with Crippen LogP contribution in [0.1, 0.15) is 24.8 Å². The van der Waals surface area contributed by atoms with E-state index in [0.717, 1.165) is 6.42 Å². The molecule has 14 heavy (non-hydrogen) atoms. The van der Waals surface area contributed by atoms with Gasteiger partial charge in [0.1, 0.15) is 0 Å². The Morgan fingerprint density at radius 2 is 2.21 bits per heavy atom. The number of benzene rings is 1. The molecule has 1 aromatic carbocycles. The summed E-state index contributed by atoms with van der Waals surface area (Å²) in [6.45, 7) is 2.19. The van der Waals surface area contributed by atoms with Crippen molar-refractivity contribution in [2.24, 2.45) is 4.99 Å². The van der Waals surface area contributed by atoms with Crippen molar-refractivity contribution in [2.45, 2.75) is 31.3 Å². The second kappa shape index (κ2) is 2.84. The lowest BCUT2D eigenvalue weighted by atomic mass is 9.87. The molecule has 1 aromatic rings. The van der Waals surface area contributed by atoms with Gasteiger partial charge in [0.25, 0.3) is 0 Å². The molecule has 0 saturated heterocycles. The molecule has 0 fully saturated rings. The Labute approximate surface area is 84.1 Å². The normalized spacial score (nSPS) is 33.4. The summed E-state index contributed by atoms with van der Waals surface area (Å²) < 4.78 is 0. The van der Waals surface area contributed by atoms with Gasteiger partial charge < -0.3 is 5.32 Å². The molecule has 2 aliphatic heterocycles. The lowest BCUT2D eigenvalue weighted by Crippen LogP contribution is -2.34. The largest absolute Gasteiger partial charge is 0.379 e. The minimum absolute atomic E-state index is 0.404. The number of hydrogen-bond acceptors (Lipinski definition) is 2. The van der Waals surface area contributed by atoms with Crippen LogP contribution in [0, 0.1) is 0 Å². The fraction of sp³-hybridized carbons (Fsp3) is 0.417. The second-order valence-electron chi connectivity index (χ2n) is 4.17. The molecule has 2 nitrogen and oxygen atoms in total. The molecular formula is C12H14N2. The number of hydrogen-bond donors (Lipinski definition) is 1. The minimum Gasteiger partial charge on any atom is -0.379 e. The summed E-state index contributed by atoms with van der Waals surface area (Å²) in [7, 11) is 0. The Kier molecular flexibility index (Phi) is 1.63. The van der Waals surface area contributed by atoms with Crippen molar-refractivity contribution < 1.29 is 0 Å². The van der Waals surface area contributed by atoms with Crippen LogP contribution in [0.4, 0.5) is 5.69 Å². The Balaban J connectivity index is 2.04. The standard InChI is InChI=1S/C12H14N2/c1-8-12-10(6-7-13-8)9-4-2-3-5-11(9)14-12/h2-5,7-8,10,12,14H,6H2,1H3. The van der Waals surface area contributed by atoms with Crippen LogP contribution in [0.2, 0.25) is 0 Å². The van der Waals surface area contributed by atoms with Gasteiger partial charge in [0.2, 0.25) is 0 Å². The molecule has 2 heteroatoms. The Bertz CT molecular complexity index is 384. The monoisotopic (exact) mass is 186 g/mol. The third kappa shape index (κ3) is 0.999. The number of fused-ring (bicyclic) bond motifs is 3. The molecule has 3 atom stereocenters. The molecule has 0 aliphatic carbocycles. The fourth-order valence-corrected chi connectivity index (χ4v) is 2.59. The van der Waals surface area contributed by atoms with Gasteiger partial charge in [0.05, 0.1) is 12.1 Å². The SMILES string of the molecule is CC1N=CCC2c3ccccc3NC12. The van der Waals surface area contributed by atoms with Crippen molar-refractivity contribution in [1.29, 1.82) is 0 Å². The molecule has 0 amide bonds. The number of rotatable bonds is 0. The van der Waals surface area contributed by atoms with Crippen molar-refractivity contribution in [3.63, 3.8) is 0 Å². The number of aliphatic imine (C=N–C) groups is 1. The van der Waals surface area contributed by atoms with Crippen molar-refractivity contribution in [3.05, 3.63) is 29.8 Å². The summed E-state index contributed by atoms with van der Waals surface area (Å²) >= 11 is 0. The third-order valence-electron chi connectivity index (χ3n) is 3.34. The summed E-state index contributed by atoms with van der Waals surface area (Å²) in [6.07, 6.45) is 3.16. The summed E-state index contributed by atoms with van der Waals surface area (Å²) in [4.78, 5) is 4.47. The van der Waals surface area contributed by atoms with E-state index in [1.165, 1.54) is 11.3 Å². The van der Waals surface area contributed by atoms with Crippen LogP contribution >= 0.6 is 0 Å². The molecule has 0 bridgehead atoms. The van der Waals surface area contributed by atoms with Crippen LogP contribution in [0.5, 0.6) is 0 Å². The molecule has 1 N–H and O–H groups in total. The van der Waals surface area contributed by atoms with E-state index in [1.54, 1.807) is 0 Å². The van der Waals surface area contributed by atoms with E-state index in [4.69, 9.17) is 0 Å². The van der Waals surface area contributed by atoms with E-state index in [9.17, 15) is 0 Å². The highest BCUT2D eigenvalue weighted by Crippen LogP contribution is 2.40. The highest BCUT2D eigenvalue weighted by Gasteiger charge is 2.36. The maximum atomic E-state index is 4.47. The van der Waals surface area contributed by atoms with Crippen LogP contribution in [0.3, 0.4) is 0 Å². The minimum atomic E-state index is 0.404. The molecule has 0 saturated carbocycles. The molecule has 3 rings (SSSR count). The zero-order valence-electron chi connectivity index (χ0n) is 8.27. The Morgan fingerprint density at radius 3 is 3.14 bits per heavy atom. The van der Waals surface area contributed by atoms with Crippen molar-refractivity contribution >= 4 is 11.9 Å². The number of nitrogens with zero attached hydrogens (tertiary/aromatic N) is 1. The average molecular weight is 186 g/mol. The fourth-order valence-electron chi connectivity index (χ4n) is 2.59. The third-order valence-corrected chi connectivity index (χ3v) is 3.34. The van der Waals surface area contributed by atoms with Gasteiger partial charge in [-0.1, -0.05) is 18.2 Å². The van der Waals surface area contributed by atoms with Gasteiger partial charge in [-0.15, -0.1) is 0 Å². The lowest BCUT2D eigenvalue weighted by molar-refractivity contribution is 0.510. The van der Waals surface area contributed by atoms with E-state index in [2.05, 4.69) is 47.7 Å². The molecule has 3 unspecified atom stereocenters. The topological polar surface area (TPSA) is 24.4 Å². The number of nitrogens with one attached hydrogen (secondary N) is 1. The number of anilines is 1. The first-order valence-electron chi connectivity index (χ1n) is 5.23. The van der Waals surface area contributed by atoms with Gasteiger partial charge in [-0.3, -0.25) is 4.99 Å². The summed E-state index contributed by atoms with van der Waals surface area (Å²) in [5, 5.41) is 3.57. The summed E-state index contributed by atoms with van der Waals surface area (Å²) in [6, 6.07) is 9.53. The zero-order valence-corrected chi connectivity index (χ0v) is 8.27. The van der Waals surface area contributed by atoms with Crippen molar-refractivity contribution in [1.82, 2.24) is 0 Å². The summed E-state index contributed by atoms with van der Waals surface area (Å²) in [5.74, 6) is 0.638. The molecule has 72 valence electrons. The molecule has 2 aliphatic rings. The Morgan fingerprint density at radius 1 is 1.36 bits per heavy atom. The van der Waals surface area contributed by atoms with E-state index in [1.807, 2.05) is 0 Å². The van der Waals surface area contributed by atoms with Crippen LogP contribution in [0.15, 0.2) is 29.3 Å². The van der Waals surface area contributed by atoms with Gasteiger partial charge in [0.15, 0.2) is 0 Å². The van der Waals surface area contributed by atoms with E-state index >= 15 is 0 Å². The van der Waals surface area contributed by atoms with Crippen molar-refractivity contribution in [2.75, 3.05) is 5.32 Å². The zero-order chi connectivity index (χ0) is 9.54. The average Bonchev–Trinajstić information content (AvgIpc) is 2.59. The smallest absolute Gasteiger partial charge is 0.0674 e. The first-order valence-corrected chi connectivity index (χ1v) is 5.23. The predicted octanol–water partition coefficient (Wildman–Crippen LogP) is 2.43. The van der Waals surface area contributed by atoms with E-state index < -0.39 is 0 Å². The molecule has 0 radical (unpaired) electrons. The van der Waals surface area contributed by atoms with Gasteiger partial charge >= 0.3 is 0 Å². The molecule has 0 spiro atoms. The first kappa shape index (κ1) is 8.04. The predicted molar refractivity (Wildman–Crippen MR) is 59.2 cm³/mol. The Hall–Kier alpha value is -1.31. The van der Waals surface area contributed by atoms with Crippen LogP contribution < -0.4 is 5.32 Å². The maximum Gasteiger partial charge on any atom is 0.0674 e. The highest BCUT2D eigenvalue weighted by atomic mass is 15.0.